The van der Waals surface area contributed by atoms with Crippen LogP contribution in [0.3, 0.4) is 0 Å². The van der Waals surface area contributed by atoms with Gasteiger partial charge in [-0.3, -0.25) is 9.59 Å². The summed E-state index contributed by atoms with van der Waals surface area (Å²) < 4.78 is 5.80. The molecule has 0 radical (unpaired) electrons. The molecule has 6 nitrogen and oxygen atoms in total. The summed E-state index contributed by atoms with van der Waals surface area (Å²) in [6, 6.07) is 8.55. The van der Waals surface area contributed by atoms with Crippen molar-refractivity contribution in [2.24, 2.45) is 0 Å². The van der Waals surface area contributed by atoms with Crippen LogP contribution in [0.4, 0.5) is 0 Å². The van der Waals surface area contributed by atoms with Gasteiger partial charge in [-0.1, -0.05) is 19.4 Å². The Morgan fingerprint density at radius 3 is 2.65 bits per heavy atom. The van der Waals surface area contributed by atoms with E-state index in [1.54, 1.807) is 17.0 Å². The number of hydrogen-bond acceptors (Lipinski definition) is 6. The number of hydrogen-bond donors (Lipinski definition) is 1. The summed E-state index contributed by atoms with van der Waals surface area (Å²) in [4.78, 5) is 30.2. The van der Waals surface area contributed by atoms with Gasteiger partial charge in [0.15, 0.2) is 0 Å². The molecule has 1 fully saturated rings. The van der Waals surface area contributed by atoms with Gasteiger partial charge in [-0.2, -0.15) is 0 Å². The summed E-state index contributed by atoms with van der Waals surface area (Å²) >= 11 is 1.47. The molecule has 166 valence electrons. The molecule has 0 saturated carbocycles. The number of carbonyl (C=O) groups excluding carboxylic acids is 2. The van der Waals surface area contributed by atoms with Gasteiger partial charge in [-0.15, -0.1) is 11.3 Å². The highest BCUT2D eigenvalue weighted by Gasteiger charge is 2.46. The molecule has 1 aromatic carbocycles. The van der Waals surface area contributed by atoms with Crippen molar-refractivity contribution in [1.82, 2.24) is 9.80 Å². The molecule has 1 atom stereocenters. The zero-order valence-corrected chi connectivity index (χ0v) is 19.4. The SMILES string of the molecule is CCCCOc1ccc(C(O)=C2C(=O)C(=O)N(CCN(C)C)[C@@H]2c2cccs2)cc1C. The lowest BCUT2D eigenvalue weighted by Gasteiger charge is -2.25. The van der Waals surface area contributed by atoms with Crippen LogP contribution in [0, 0.1) is 6.92 Å². The summed E-state index contributed by atoms with van der Waals surface area (Å²) in [7, 11) is 3.84. The second-order valence-corrected chi connectivity index (χ2v) is 8.97. The van der Waals surface area contributed by atoms with E-state index < -0.39 is 17.7 Å². The van der Waals surface area contributed by atoms with E-state index >= 15 is 0 Å². The first-order chi connectivity index (χ1) is 14.8. The predicted molar refractivity (Wildman–Crippen MR) is 123 cm³/mol. The lowest BCUT2D eigenvalue weighted by Crippen LogP contribution is -2.35. The minimum atomic E-state index is -0.643. The van der Waals surface area contributed by atoms with Gasteiger partial charge in [0.1, 0.15) is 11.5 Å². The number of Topliss-reactive ketones (excluding diaryl/α,β-unsaturated/α-hetero) is 1. The number of amides is 1. The number of aryl methyl sites for hydroxylation is 1. The van der Waals surface area contributed by atoms with Crippen molar-refractivity contribution >= 4 is 28.8 Å². The van der Waals surface area contributed by atoms with Crippen LogP contribution < -0.4 is 4.74 Å². The Labute approximate surface area is 187 Å². The largest absolute Gasteiger partial charge is 0.507 e. The van der Waals surface area contributed by atoms with Crippen molar-refractivity contribution in [3.05, 3.63) is 57.3 Å². The van der Waals surface area contributed by atoms with Crippen LogP contribution in [0.2, 0.25) is 0 Å². The van der Waals surface area contributed by atoms with Crippen LogP contribution in [0.15, 0.2) is 41.3 Å². The molecular formula is C24H30N2O4S. The highest BCUT2D eigenvalue weighted by atomic mass is 32.1. The van der Waals surface area contributed by atoms with Gasteiger partial charge < -0.3 is 19.6 Å². The maximum atomic E-state index is 13.0. The van der Waals surface area contributed by atoms with Crippen molar-refractivity contribution in [3.8, 4) is 5.75 Å². The zero-order valence-electron chi connectivity index (χ0n) is 18.6. The molecule has 1 aromatic heterocycles. The molecule has 31 heavy (non-hydrogen) atoms. The van der Waals surface area contributed by atoms with Gasteiger partial charge >= 0.3 is 0 Å². The number of aliphatic hydroxyl groups is 1. The fourth-order valence-corrected chi connectivity index (χ4v) is 4.45. The third-order valence-electron chi connectivity index (χ3n) is 5.34. The Bertz CT molecular complexity index is 966. The minimum Gasteiger partial charge on any atom is -0.507 e. The van der Waals surface area contributed by atoms with Crippen LogP contribution in [0.5, 0.6) is 5.75 Å². The number of carbonyl (C=O) groups is 2. The van der Waals surface area contributed by atoms with Crippen LogP contribution in [0.25, 0.3) is 5.76 Å². The lowest BCUT2D eigenvalue weighted by molar-refractivity contribution is -0.140. The maximum absolute atomic E-state index is 13.0. The number of thiophene rings is 1. The monoisotopic (exact) mass is 442 g/mol. The number of aliphatic hydroxyl groups excluding tert-OH is 1. The third-order valence-corrected chi connectivity index (χ3v) is 6.27. The fourth-order valence-electron chi connectivity index (χ4n) is 3.60. The van der Waals surface area contributed by atoms with Crippen LogP contribution >= 0.6 is 11.3 Å². The van der Waals surface area contributed by atoms with E-state index in [1.165, 1.54) is 11.3 Å². The Balaban J connectivity index is 2.00. The van der Waals surface area contributed by atoms with Crippen molar-refractivity contribution in [1.29, 1.82) is 0 Å². The maximum Gasteiger partial charge on any atom is 0.295 e. The molecule has 0 spiro atoms. The normalized spacial score (nSPS) is 18.2. The Hall–Kier alpha value is -2.64. The molecule has 3 rings (SSSR count). The Kier molecular flexibility index (Phi) is 7.51. The quantitative estimate of drug-likeness (QED) is 0.273. The van der Waals surface area contributed by atoms with Crippen molar-refractivity contribution in [3.63, 3.8) is 0 Å². The van der Waals surface area contributed by atoms with Gasteiger partial charge in [0.2, 0.25) is 0 Å². The Morgan fingerprint density at radius 1 is 1.26 bits per heavy atom. The molecule has 1 aliphatic rings. The van der Waals surface area contributed by atoms with Crippen molar-refractivity contribution < 1.29 is 19.4 Å². The summed E-state index contributed by atoms with van der Waals surface area (Å²) in [5.41, 5.74) is 1.52. The Morgan fingerprint density at radius 2 is 2.03 bits per heavy atom. The number of ketones is 1. The first-order valence-corrected chi connectivity index (χ1v) is 11.4. The molecule has 1 amide bonds. The van der Waals surface area contributed by atoms with E-state index in [4.69, 9.17) is 4.74 Å². The number of ether oxygens (including phenoxy) is 1. The molecule has 1 aliphatic heterocycles. The van der Waals surface area contributed by atoms with Gasteiger partial charge in [-0.05, 0) is 62.6 Å². The molecule has 1 N–H and O–H groups in total. The smallest absolute Gasteiger partial charge is 0.295 e. The first kappa shape index (κ1) is 23.0. The molecule has 0 bridgehead atoms. The fraction of sp³-hybridized carbons (Fsp3) is 0.417. The molecule has 7 heteroatoms. The van der Waals surface area contributed by atoms with Gasteiger partial charge in [0.05, 0.1) is 18.2 Å². The summed E-state index contributed by atoms with van der Waals surface area (Å²) in [6.07, 6.45) is 2.02. The molecule has 0 unspecified atom stereocenters. The summed E-state index contributed by atoms with van der Waals surface area (Å²) in [5.74, 6) is -0.604. The van der Waals surface area contributed by atoms with Gasteiger partial charge in [0, 0.05) is 23.5 Å². The van der Waals surface area contributed by atoms with Crippen LogP contribution in [-0.2, 0) is 9.59 Å². The minimum absolute atomic E-state index is 0.144. The van der Waals surface area contributed by atoms with Gasteiger partial charge in [0.25, 0.3) is 11.7 Å². The van der Waals surface area contributed by atoms with E-state index in [2.05, 4.69) is 6.92 Å². The number of unbranched alkanes of at least 4 members (excludes halogenated alkanes) is 1. The second-order valence-electron chi connectivity index (χ2n) is 7.99. The lowest BCUT2D eigenvalue weighted by atomic mass is 9.98. The zero-order chi connectivity index (χ0) is 22.5. The standard InChI is InChI=1S/C24H30N2O4S/c1-5-6-13-30-18-10-9-17(15-16(18)2)22(27)20-21(19-8-7-14-31-19)26(12-11-25(3)4)24(29)23(20)28/h7-10,14-15,21,27H,5-6,11-13H2,1-4H3/t21-/m1/s1. The average molecular weight is 443 g/mol. The highest BCUT2D eigenvalue weighted by Crippen LogP contribution is 2.41. The predicted octanol–water partition coefficient (Wildman–Crippen LogP) is 4.22. The number of benzene rings is 1. The number of nitrogens with zero attached hydrogens (tertiary/aromatic N) is 2. The third kappa shape index (κ3) is 4.99. The van der Waals surface area contributed by atoms with Crippen LogP contribution in [-0.4, -0.2) is 60.4 Å². The molecule has 2 heterocycles. The van der Waals surface area contributed by atoms with E-state index in [0.717, 1.165) is 29.0 Å². The summed E-state index contributed by atoms with van der Waals surface area (Å²) in [5, 5.41) is 13.0. The molecular weight excluding hydrogens is 412 g/mol. The first-order valence-electron chi connectivity index (χ1n) is 10.6. The number of likely N-dealkylation sites (tertiary alicyclic amines) is 1. The number of likely N-dealkylation sites (N-methyl/N-ethyl adjacent to an activating group) is 1. The molecule has 2 aromatic rings. The topological polar surface area (TPSA) is 70.1 Å². The van der Waals surface area contributed by atoms with E-state index in [-0.39, 0.29) is 11.3 Å². The molecule has 1 saturated heterocycles. The van der Waals surface area contributed by atoms with E-state index in [0.29, 0.717) is 25.3 Å². The second kappa shape index (κ2) is 10.1. The average Bonchev–Trinajstić information content (AvgIpc) is 3.34. The van der Waals surface area contributed by atoms with Crippen molar-refractivity contribution in [2.45, 2.75) is 32.7 Å². The van der Waals surface area contributed by atoms with E-state index in [1.807, 2.05) is 49.5 Å². The summed E-state index contributed by atoms with van der Waals surface area (Å²) in [6.45, 7) is 5.68. The van der Waals surface area contributed by atoms with Gasteiger partial charge in [-0.25, -0.2) is 0 Å². The number of rotatable bonds is 9. The van der Waals surface area contributed by atoms with E-state index in [9.17, 15) is 14.7 Å². The van der Waals surface area contributed by atoms with Crippen molar-refractivity contribution in [2.75, 3.05) is 33.8 Å². The van der Waals surface area contributed by atoms with Crippen LogP contribution in [0.1, 0.15) is 41.8 Å². The highest BCUT2D eigenvalue weighted by molar-refractivity contribution is 7.10. The molecule has 0 aliphatic carbocycles.